The van der Waals surface area contributed by atoms with Crippen LogP contribution >= 0.6 is 35.0 Å². The summed E-state index contributed by atoms with van der Waals surface area (Å²) in [7, 11) is 0. The van der Waals surface area contributed by atoms with Gasteiger partial charge in [0.15, 0.2) is 5.16 Å². The molecule has 1 unspecified atom stereocenters. The molecule has 1 N–H and O–H groups in total. The molecule has 1 aromatic heterocycles. The molecule has 1 saturated heterocycles. The molecule has 1 fully saturated rings. The fraction of sp³-hybridized carbons (Fsp3) is 0.233. The number of amides is 1. The summed E-state index contributed by atoms with van der Waals surface area (Å²) < 4.78 is 0. The fourth-order valence-electron chi connectivity index (χ4n) is 4.55. The molecule has 1 atom stereocenters. The molecule has 2 heterocycles. The molecule has 0 spiro atoms. The predicted octanol–water partition coefficient (Wildman–Crippen LogP) is 6.89. The number of aromatic nitrogens is 2. The molecule has 0 aliphatic carbocycles. The monoisotopic (exact) mass is 577 g/mol. The SMILES string of the molecule is CC(NC(=O)c1cccc(CSc2nc(Cl)cc(N3CCN(c4ccccc4Cl)CC3)n2)c1)c1ccccc1. The Morgan fingerprint density at radius 1 is 0.897 bits per heavy atom. The van der Waals surface area contributed by atoms with E-state index < -0.39 is 0 Å². The fourth-order valence-corrected chi connectivity index (χ4v) is 5.83. The number of hydrogen-bond donors (Lipinski definition) is 1. The van der Waals surface area contributed by atoms with Crippen molar-refractivity contribution in [2.75, 3.05) is 36.0 Å². The van der Waals surface area contributed by atoms with Crippen molar-refractivity contribution in [3.8, 4) is 0 Å². The molecule has 0 bridgehead atoms. The lowest BCUT2D eigenvalue weighted by molar-refractivity contribution is 0.0940. The summed E-state index contributed by atoms with van der Waals surface area (Å²) in [5.74, 6) is 1.34. The van der Waals surface area contributed by atoms with Crippen LogP contribution in [0.4, 0.5) is 11.5 Å². The van der Waals surface area contributed by atoms with Crippen LogP contribution in [0.2, 0.25) is 10.2 Å². The van der Waals surface area contributed by atoms with Crippen LogP contribution in [0.1, 0.15) is 34.5 Å². The van der Waals surface area contributed by atoms with Crippen LogP contribution in [0.5, 0.6) is 0 Å². The summed E-state index contributed by atoms with van der Waals surface area (Å²) in [5, 5.41) is 4.87. The second kappa shape index (κ2) is 12.7. The number of anilines is 2. The Balaban J connectivity index is 1.20. The van der Waals surface area contributed by atoms with Gasteiger partial charge >= 0.3 is 0 Å². The van der Waals surface area contributed by atoms with Gasteiger partial charge in [-0.25, -0.2) is 9.97 Å². The van der Waals surface area contributed by atoms with E-state index in [4.69, 9.17) is 28.2 Å². The molecule has 39 heavy (non-hydrogen) atoms. The van der Waals surface area contributed by atoms with Crippen LogP contribution in [-0.2, 0) is 5.75 Å². The average molecular weight is 579 g/mol. The number of halogens is 2. The molecule has 1 aliphatic rings. The first-order chi connectivity index (χ1) is 19.0. The van der Waals surface area contributed by atoms with Gasteiger partial charge in [0.1, 0.15) is 11.0 Å². The smallest absolute Gasteiger partial charge is 0.251 e. The third-order valence-corrected chi connectivity index (χ3v) is 8.09. The number of rotatable bonds is 8. The Hall–Kier alpha value is -3.26. The molecule has 6 nitrogen and oxygen atoms in total. The minimum atomic E-state index is -0.101. The molecule has 1 aliphatic heterocycles. The molecule has 4 aromatic rings. The second-order valence-corrected chi connectivity index (χ2v) is 11.1. The maximum Gasteiger partial charge on any atom is 0.251 e. The molecule has 5 rings (SSSR count). The molecule has 3 aromatic carbocycles. The first kappa shape index (κ1) is 27.3. The third kappa shape index (κ3) is 7.04. The lowest BCUT2D eigenvalue weighted by atomic mass is 10.1. The van der Waals surface area contributed by atoms with Crippen molar-refractivity contribution in [2.45, 2.75) is 23.9 Å². The van der Waals surface area contributed by atoms with Gasteiger partial charge in [-0.05, 0) is 42.3 Å². The van der Waals surface area contributed by atoms with E-state index in [1.807, 2.05) is 85.8 Å². The highest BCUT2D eigenvalue weighted by atomic mass is 35.5. The topological polar surface area (TPSA) is 61.4 Å². The number of nitrogens with one attached hydrogen (secondary N) is 1. The van der Waals surface area contributed by atoms with Crippen molar-refractivity contribution in [1.29, 1.82) is 0 Å². The number of carbonyl (C=O) groups is 1. The number of nitrogens with zero attached hydrogens (tertiary/aromatic N) is 4. The van der Waals surface area contributed by atoms with E-state index in [2.05, 4.69) is 26.2 Å². The van der Waals surface area contributed by atoms with Crippen LogP contribution in [0.25, 0.3) is 0 Å². The van der Waals surface area contributed by atoms with Crippen molar-refractivity contribution < 1.29 is 4.79 Å². The largest absolute Gasteiger partial charge is 0.367 e. The standard InChI is InChI=1S/C30H29Cl2N5OS/c1-21(23-9-3-2-4-10-23)33-29(38)24-11-7-8-22(18-24)20-39-30-34-27(32)19-28(35-30)37-16-14-36(15-17-37)26-13-6-5-12-25(26)31/h2-13,18-19,21H,14-17,20H2,1H3,(H,33,38). The zero-order valence-electron chi connectivity index (χ0n) is 21.6. The Morgan fingerprint density at radius 3 is 2.38 bits per heavy atom. The van der Waals surface area contributed by atoms with Crippen molar-refractivity contribution >= 4 is 52.4 Å². The lowest BCUT2D eigenvalue weighted by Crippen LogP contribution is -2.47. The molecule has 1 amide bonds. The van der Waals surface area contributed by atoms with Gasteiger partial charge in [-0.3, -0.25) is 4.79 Å². The number of benzene rings is 3. The zero-order chi connectivity index (χ0) is 27.2. The first-order valence-corrected chi connectivity index (χ1v) is 14.6. The minimum absolute atomic E-state index is 0.0819. The number of para-hydroxylation sites is 1. The molecule has 9 heteroatoms. The molecule has 0 saturated carbocycles. The molecular weight excluding hydrogens is 549 g/mol. The second-order valence-electron chi connectivity index (χ2n) is 9.35. The summed E-state index contributed by atoms with van der Waals surface area (Å²) in [6, 6.07) is 27.2. The van der Waals surface area contributed by atoms with Gasteiger partial charge in [-0.2, -0.15) is 0 Å². The van der Waals surface area contributed by atoms with Crippen molar-refractivity contribution in [1.82, 2.24) is 15.3 Å². The highest BCUT2D eigenvalue weighted by molar-refractivity contribution is 7.98. The van der Waals surface area contributed by atoms with Gasteiger partial charge in [0.05, 0.1) is 16.8 Å². The highest BCUT2D eigenvalue weighted by Gasteiger charge is 2.21. The Bertz CT molecular complexity index is 1430. The van der Waals surface area contributed by atoms with Gasteiger partial charge in [-0.15, -0.1) is 0 Å². The quantitative estimate of drug-likeness (QED) is 0.140. The van der Waals surface area contributed by atoms with E-state index >= 15 is 0 Å². The summed E-state index contributed by atoms with van der Waals surface area (Å²) in [6.45, 7) is 5.28. The molecule has 0 radical (unpaired) electrons. The van der Waals surface area contributed by atoms with E-state index in [1.54, 1.807) is 0 Å². The summed E-state index contributed by atoms with van der Waals surface area (Å²) in [4.78, 5) is 26.6. The highest BCUT2D eigenvalue weighted by Crippen LogP contribution is 2.29. The number of thioether (sulfide) groups is 1. The van der Waals surface area contributed by atoms with Gasteiger partial charge in [0.2, 0.25) is 0 Å². The predicted molar refractivity (Wildman–Crippen MR) is 161 cm³/mol. The average Bonchev–Trinajstić information content (AvgIpc) is 2.97. The lowest BCUT2D eigenvalue weighted by Gasteiger charge is -2.37. The Kier molecular flexibility index (Phi) is 8.91. The van der Waals surface area contributed by atoms with Crippen LogP contribution < -0.4 is 15.1 Å². The molecular formula is C30H29Cl2N5OS. The maximum absolute atomic E-state index is 12.9. The summed E-state index contributed by atoms with van der Waals surface area (Å²) in [6.07, 6.45) is 0. The van der Waals surface area contributed by atoms with Crippen LogP contribution in [0.3, 0.4) is 0 Å². The maximum atomic E-state index is 12.9. The van der Waals surface area contributed by atoms with E-state index in [0.717, 1.165) is 53.8 Å². The molecule has 200 valence electrons. The van der Waals surface area contributed by atoms with E-state index in [9.17, 15) is 4.79 Å². The van der Waals surface area contributed by atoms with Crippen LogP contribution in [-0.4, -0.2) is 42.1 Å². The Labute approximate surface area is 243 Å². The van der Waals surface area contributed by atoms with E-state index in [0.29, 0.717) is 21.6 Å². The van der Waals surface area contributed by atoms with Crippen molar-refractivity contribution in [3.63, 3.8) is 0 Å². The number of carbonyl (C=O) groups excluding carboxylic acids is 1. The van der Waals surface area contributed by atoms with Gasteiger partial charge < -0.3 is 15.1 Å². The van der Waals surface area contributed by atoms with Crippen LogP contribution in [0.15, 0.2) is 90.1 Å². The van der Waals surface area contributed by atoms with Crippen molar-refractivity contribution in [3.05, 3.63) is 112 Å². The third-order valence-electron chi connectivity index (χ3n) is 6.66. The van der Waals surface area contributed by atoms with Crippen LogP contribution in [0, 0.1) is 0 Å². The minimum Gasteiger partial charge on any atom is -0.367 e. The van der Waals surface area contributed by atoms with Crippen molar-refractivity contribution in [2.24, 2.45) is 0 Å². The zero-order valence-corrected chi connectivity index (χ0v) is 23.9. The van der Waals surface area contributed by atoms with Gasteiger partial charge in [0.25, 0.3) is 5.91 Å². The summed E-state index contributed by atoms with van der Waals surface area (Å²) >= 11 is 14.3. The van der Waals surface area contributed by atoms with Gasteiger partial charge in [-0.1, -0.05) is 89.6 Å². The van der Waals surface area contributed by atoms with E-state index in [1.165, 1.54) is 11.8 Å². The Morgan fingerprint density at radius 2 is 1.62 bits per heavy atom. The number of piperazine rings is 1. The normalized spacial score (nSPS) is 14.2. The van der Waals surface area contributed by atoms with Gasteiger partial charge in [0, 0.05) is 43.6 Å². The number of hydrogen-bond acceptors (Lipinski definition) is 6. The van der Waals surface area contributed by atoms with E-state index in [-0.39, 0.29) is 11.9 Å². The first-order valence-electron chi connectivity index (χ1n) is 12.8. The summed E-state index contributed by atoms with van der Waals surface area (Å²) in [5.41, 5.74) is 3.76.